The van der Waals surface area contributed by atoms with Crippen LogP contribution in [0.1, 0.15) is 10.4 Å². The van der Waals surface area contributed by atoms with E-state index in [1.54, 1.807) is 18.2 Å². The number of rotatable bonds is 3. The van der Waals surface area contributed by atoms with Gasteiger partial charge in [-0.05, 0) is 36.4 Å². The molecule has 1 aliphatic rings. The molecule has 0 unspecified atom stereocenters. The highest BCUT2D eigenvalue weighted by Gasteiger charge is 2.18. The molecule has 0 spiro atoms. The number of hydrogen-bond donors (Lipinski definition) is 1. The number of carbonyl (C=O) groups excluding carboxylic acids is 2. The maximum atomic E-state index is 12.3. The van der Waals surface area contributed by atoms with E-state index < -0.39 is 15.8 Å². The first-order chi connectivity index (χ1) is 11.3. The van der Waals surface area contributed by atoms with Gasteiger partial charge in [0.25, 0.3) is 0 Å². The predicted molar refractivity (Wildman–Crippen MR) is 90.3 cm³/mol. The molecule has 0 aliphatic carbocycles. The van der Waals surface area contributed by atoms with Crippen molar-refractivity contribution < 1.29 is 22.7 Å². The summed E-state index contributed by atoms with van der Waals surface area (Å²) in [6.45, 7) is 0. The van der Waals surface area contributed by atoms with Gasteiger partial charge in [-0.2, -0.15) is 0 Å². The van der Waals surface area contributed by atoms with Gasteiger partial charge >= 0.3 is 5.97 Å². The summed E-state index contributed by atoms with van der Waals surface area (Å²) >= 11 is 1.40. The SMILES string of the molecule is CS(=O)(=O)c1cccc(OC(=O)c2ccc3c(c2)NC(=O)CS3)c1. The van der Waals surface area contributed by atoms with Crippen LogP contribution in [0.15, 0.2) is 52.3 Å². The van der Waals surface area contributed by atoms with Crippen LogP contribution in [-0.2, 0) is 14.6 Å². The van der Waals surface area contributed by atoms with Crippen molar-refractivity contribution >= 4 is 39.2 Å². The molecule has 0 saturated heterocycles. The molecule has 8 heteroatoms. The first-order valence-electron chi connectivity index (χ1n) is 6.92. The molecule has 0 saturated carbocycles. The van der Waals surface area contributed by atoms with E-state index >= 15 is 0 Å². The van der Waals surface area contributed by atoms with Crippen molar-refractivity contribution in [2.45, 2.75) is 9.79 Å². The van der Waals surface area contributed by atoms with Crippen LogP contribution < -0.4 is 10.1 Å². The van der Waals surface area contributed by atoms with E-state index in [0.29, 0.717) is 11.4 Å². The summed E-state index contributed by atoms with van der Waals surface area (Å²) < 4.78 is 28.3. The normalized spacial score (nSPS) is 13.8. The zero-order chi connectivity index (χ0) is 17.3. The molecule has 6 nitrogen and oxygen atoms in total. The van der Waals surface area contributed by atoms with Crippen LogP contribution in [0.5, 0.6) is 5.75 Å². The van der Waals surface area contributed by atoms with Gasteiger partial charge in [-0.15, -0.1) is 11.8 Å². The Morgan fingerprint density at radius 1 is 1.21 bits per heavy atom. The minimum absolute atomic E-state index is 0.0712. The minimum atomic E-state index is -3.39. The van der Waals surface area contributed by atoms with Crippen molar-refractivity contribution in [2.75, 3.05) is 17.3 Å². The molecule has 24 heavy (non-hydrogen) atoms. The van der Waals surface area contributed by atoms with Crippen molar-refractivity contribution in [3.63, 3.8) is 0 Å². The van der Waals surface area contributed by atoms with Gasteiger partial charge in [0, 0.05) is 11.2 Å². The number of esters is 1. The quantitative estimate of drug-likeness (QED) is 0.665. The van der Waals surface area contributed by atoms with E-state index in [9.17, 15) is 18.0 Å². The minimum Gasteiger partial charge on any atom is -0.423 e. The highest BCUT2D eigenvalue weighted by molar-refractivity contribution is 8.00. The summed E-state index contributed by atoms with van der Waals surface area (Å²) in [6, 6.07) is 10.6. The smallest absolute Gasteiger partial charge is 0.343 e. The van der Waals surface area contributed by atoms with Crippen LogP contribution in [-0.4, -0.2) is 32.3 Å². The summed E-state index contributed by atoms with van der Waals surface area (Å²) in [6.07, 6.45) is 1.08. The van der Waals surface area contributed by atoms with Gasteiger partial charge in [0.1, 0.15) is 5.75 Å². The Labute approximate surface area is 143 Å². The Bertz CT molecular complexity index is 937. The van der Waals surface area contributed by atoms with E-state index in [2.05, 4.69) is 5.32 Å². The summed E-state index contributed by atoms with van der Waals surface area (Å²) in [5.41, 5.74) is 0.830. The fourth-order valence-electron chi connectivity index (χ4n) is 2.14. The van der Waals surface area contributed by atoms with Crippen LogP contribution >= 0.6 is 11.8 Å². The number of thioether (sulfide) groups is 1. The zero-order valence-electron chi connectivity index (χ0n) is 12.6. The number of hydrogen-bond acceptors (Lipinski definition) is 6. The summed E-state index contributed by atoms with van der Waals surface area (Å²) in [4.78, 5) is 24.6. The predicted octanol–water partition coefficient (Wildman–Crippen LogP) is 2.35. The number of sulfone groups is 1. The number of fused-ring (bicyclic) bond motifs is 1. The Balaban J connectivity index is 1.83. The summed E-state index contributed by atoms with van der Waals surface area (Å²) in [7, 11) is -3.39. The Morgan fingerprint density at radius 3 is 2.75 bits per heavy atom. The molecule has 124 valence electrons. The van der Waals surface area contributed by atoms with E-state index in [1.165, 1.54) is 36.0 Å². The molecule has 0 bridgehead atoms. The van der Waals surface area contributed by atoms with Crippen LogP contribution in [0.4, 0.5) is 5.69 Å². The van der Waals surface area contributed by atoms with E-state index in [1.807, 2.05) is 0 Å². The van der Waals surface area contributed by atoms with Crippen molar-refractivity contribution in [1.29, 1.82) is 0 Å². The lowest BCUT2D eigenvalue weighted by molar-refractivity contribution is -0.113. The van der Waals surface area contributed by atoms with Crippen molar-refractivity contribution in [2.24, 2.45) is 0 Å². The van der Waals surface area contributed by atoms with Crippen LogP contribution in [0.2, 0.25) is 0 Å². The fourth-order valence-corrected chi connectivity index (χ4v) is 3.59. The number of benzene rings is 2. The lowest BCUT2D eigenvalue weighted by Gasteiger charge is -2.16. The van der Waals surface area contributed by atoms with E-state index in [-0.39, 0.29) is 22.1 Å². The van der Waals surface area contributed by atoms with Crippen molar-refractivity contribution in [3.8, 4) is 5.75 Å². The number of carbonyl (C=O) groups is 2. The third kappa shape index (κ3) is 3.60. The lowest BCUT2D eigenvalue weighted by Crippen LogP contribution is -2.19. The number of ether oxygens (including phenoxy) is 1. The number of anilines is 1. The topological polar surface area (TPSA) is 89.5 Å². The molecular formula is C16H13NO5S2. The molecule has 1 amide bonds. The maximum Gasteiger partial charge on any atom is 0.343 e. The van der Waals surface area contributed by atoms with Gasteiger partial charge in [0.2, 0.25) is 5.91 Å². The number of amides is 1. The average molecular weight is 363 g/mol. The molecule has 3 rings (SSSR count). The largest absolute Gasteiger partial charge is 0.423 e. The standard InChI is InChI=1S/C16H13NO5S2/c1-24(20,21)12-4-2-3-11(8-12)22-16(19)10-5-6-14-13(7-10)17-15(18)9-23-14/h2-8H,9H2,1H3,(H,17,18). The second kappa shape index (κ2) is 6.29. The second-order valence-corrected chi connectivity index (χ2v) is 8.22. The van der Waals surface area contributed by atoms with Crippen LogP contribution in [0.25, 0.3) is 0 Å². The Hall–Kier alpha value is -2.32. The molecule has 0 fully saturated rings. The lowest BCUT2D eigenvalue weighted by atomic mass is 10.2. The van der Waals surface area contributed by atoms with Gasteiger partial charge < -0.3 is 10.1 Å². The highest BCUT2D eigenvalue weighted by Crippen LogP contribution is 2.32. The molecule has 0 aromatic heterocycles. The maximum absolute atomic E-state index is 12.3. The molecule has 0 atom stereocenters. The highest BCUT2D eigenvalue weighted by atomic mass is 32.2. The molecule has 2 aromatic rings. The molecular weight excluding hydrogens is 350 g/mol. The molecule has 1 heterocycles. The third-order valence-electron chi connectivity index (χ3n) is 3.29. The van der Waals surface area contributed by atoms with Gasteiger partial charge in [-0.25, -0.2) is 13.2 Å². The summed E-state index contributed by atoms with van der Waals surface area (Å²) in [5, 5.41) is 2.70. The molecule has 1 aliphatic heterocycles. The Morgan fingerprint density at radius 2 is 2.00 bits per heavy atom. The monoisotopic (exact) mass is 363 g/mol. The summed E-state index contributed by atoms with van der Waals surface area (Å²) in [5.74, 6) is -0.277. The van der Waals surface area contributed by atoms with E-state index in [4.69, 9.17) is 4.74 Å². The van der Waals surface area contributed by atoms with E-state index in [0.717, 1.165) is 11.2 Å². The number of nitrogens with one attached hydrogen (secondary N) is 1. The first kappa shape index (κ1) is 16.5. The third-order valence-corrected chi connectivity index (χ3v) is 5.48. The molecule has 0 radical (unpaired) electrons. The zero-order valence-corrected chi connectivity index (χ0v) is 14.2. The van der Waals surface area contributed by atoms with Crippen LogP contribution in [0, 0.1) is 0 Å². The van der Waals surface area contributed by atoms with Crippen LogP contribution in [0.3, 0.4) is 0 Å². The first-order valence-corrected chi connectivity index (χ1v) is 9.79. The van der Waals surface area contributed by atoms with Gasteiger partial charge in [-0.1, -0.05) is 6.07 Å². The fraction of sp³-hybridized carbons (Fsp3) is 0.125. The van der Waals surface area contributed by atoms with Crippen molar-refractivity contribution in [1.82, 2.24) is 0 Å². The molecule has 1 N–H and O–H groups in total. The van der Waals surface area contributed by atoms with Crippen molar-refractivity contribution in [3.05, 3.63) is 48.0 Å². The average Bonchev–Trinajstić information content (AvgIpc) is 2.53. The van der Waals surface area contributed by atoms with Gasteiger partial charge in [0.15, 0.2) is 9.84 Å². The Kier molecular flexibility index (Phi) is 4.33. The molecule has 2 aromatic carbocycles. The van der Waals surface area contributed by atoms with Gasteiger partial charge in [-0.3, -0.25) is 4.79 Å². The second-order valence-electron chi connectivity index (χ2n) is 5.18. The van der Waals surface area contributed by atoms with Gasteiger partial charge in [0.05, 0.1) is 21.9 Å².